The lowest BCUT2D eigenvalue weighted by atomic mass is 9.97. The first-order chi connectivity index (χ1) is 16.1. The molecule has 1 fully saturated rings. The van der Waals surface area contributed by atoms with E-state index in [4.69, 9.17) is 14.0 Å². The summed E-state index contributed by atoms with van der Waals surface area (Å²) in [5.41, 5.74) is 1.63. The van der Waals surface area contributed by atoms with E-state index in [1.807, 2.05) is 6.07 Å². The van der Waals surface area contributed by atoms with Gasteiger partial charge in [0.15, 0.2) is 11.5 Å². The molecular formula is C24H27FN4O4. The smallest absolute Gasteiger partial charge is 0.241 e. The number of carbonyl (C=O) groups is 1. The number of halogens is 1. The number of likely N-dealkylation sites (tertiary alicyclic amines) is 1. The summed E-state index contributed by atoms with van der Waals surface area (Å²) >= 11 is 0. The highest BCUT2D eigenvalue weighted by atomic mass is 19.1. The fraction of sp³-hybridized carbons (Fsp3) is 0.375. The number of rotatable bonds is 8. The van der Waals surface area contributed by atoms with Crippen molar-refractivity contribution in [2.24, 2.45) is 5.92 Å². The number of methoxy groups -OCH3 is 2. The monoisotopic (exact) mass is 454 g/mol. The van der Waals surface area contributed by atoms with Gasteiger partial charge >= 0.3 is 0 Å². The minimum absolute atomic E-state index is 0.000529. The number of benzene rings is 2. The number of hydrogen-bond acceptors (Lipinski definition) is 7. The van der Waals surface area contributed by atoms with Gasteiger partial charge in [-0.05, 0) is 55.3 Å². The highest BCUT2D eigenvalue weighted by Gasteiger charge is 2.27. The van der Waals surface area contributed by atoms with Crippen LogP contribution in [0.15, 0.2) is 47.0 Å². The second kappa shape index (κ2) is 10.4. The van der Waals surface area contributed by atoms with Gasteiger partial charge in [0.1, 0.15) is 5.82 Å². The summed E-state index contributed by atoms with van der Waals surface area (Å²) < 4.78 is 29.1. The van der Waals surface area contributed by atoms with Gasteiger partial charge in [0.25, 0.3) is 0 Å². The lowest BCUT2D eigenvalue weighted by Crippen LogP contribution is -2.42. The Morgan fingerprint density at radius 1 is 1.18 bits per heavy atom. The van der Waals surface area contributed by atoms with Crippen LogP contribution in [0.1, 0.15) is 24.3 Å². The Labute approximate surface area is 191 Å². The van der Waals surface area contributed by atoms with Gasteiger partial charge in [-0.3, -0.25) is 9.69 Å². The Kier molecular flexibility index (Phi) is 7.19. The van der Waals surface area contributed by atoms with Crippen LogP contribution in [0, 0.1) is 11.7 Å². The number of amides is 1. The molecule has 174 valence electrons. The molecule has 0 aliphatic carbocycles. The first kappa shape index (κ1) is 22.7. The molecular weight excluding hydrogens is 427 g/mol. The molecule has 1 aliphatic rings. The topological polar surface area (TPSA) is 89.7 Å². The molecule has 1 atom stereocenters. The maximum Gasteiger partial charge on any atom is 0.241 e. The summed E-state index contributed by atoms with van der Waals surface area (Å²) in [5, 5.41) is 7.05. The predicted molar refractivity (Wildman–Crippen MR) is 119 cm³/mol. The first-order valence-electron chi connectivity index (χ1n) is 10.8. The van der Waals surface area contributed by atoms with Crippen LogP contribution >= 0.6 is 0 Å². The van der Waals surface area contributed by atoms with Crippen LogP contribution in [0.3, 0.4) is 0 Å². The minimum Gasteiger partial charge on any atom is -0.493 e. The van der Waals surface area contributed by atoms with Gasteiger partial charge in [-0.15, -0.1) is 0 Å². The quantitative estimate of drug-likeness (QED) is 0.558. The zero-order valence-electron chi connectivity index (χ0n) is 18.7. The zero-order chi connectivity index (χ0) is 23.2. The summed E-state index contributed by atoms with van der Waals surface area (Å²) in [6.45, 7) is 2.33. The summed E-state index contributed by atoms with van der Waals surface area (Å²) in [5.74, 6) is 1.77. The Balaban J connectivity index is 1.33. The average Bonchev–Trinajstić information content (AvgIpc) is 3.31. The molecule has 2 heterocycles. The van der Waals surface area contributed by atoms with Crippen molar-refractivity contribution in [1.82, 2.24) is 20.4 Å². The highest BCUT2D eigenvalue weighted by molar-refractivity contribution is 5.79. The largest absolute Gasteiger partial charge is 0.493 e. The van der Waals surface area contributed by atoms with E-state index >= 15 is 0 Å². The molecule has 33 heavy (non-hydrogen) atoms. The first-order valence-corrected chi connectivity index (χ1v) is 10.8. The Morgan fingerprint density at radius 3 is 2.73 bits per heavy atom. The zero-order valence-corrected chi connectivity index (χ0v) is 18.7. The van der Waals surface area contributed by atoms with E-state index in [1.165, 1.54) is 12.1 Å². The van der Waals surface area contributed by atoms with Crippen molar-refractivity contribution < 1.29 is 23.2 Å². The Hall–Kier alpha value is -3.46. The predicted octanol–water partition coefficient (Wildman–Crippen LogP) is 3.42. The molecule has 3 aromatic rings. The molecule has 0 spiro atoms. The van der Waals surface area contributed by atoms with E-state index in [0.29, 0.717) is 42.8 Å². The van der Waals surface area contributed by atoms with E-state index < -0.39 is 0 Å². The second-order valence-electron chi connectivity index (χ2n) is 8.00. The third kappa shape index (κ3) is 5.67. The summed E-state index contributed by atoms with van der Waals surface area (Å²) in [6, 6.07) is 11.6. The summed E-state index contributed by atoms with van der Waals surface area (Å²) in [4.78, 5) is 19.3. The molecule has 2 aromatic carbocycles. The standard InChI is InChI=1S/C24H27FN4O4/c1-31-20-10-7-17(12-21(20)32-2)23-27-22(33-28-23)15-29-11-3-4-18(14-29)24(30)26-13-16-5-8-19(25)9-6-16/h5-10,12,18H,3-4,11,13-15H2,1-2H3,(H,26,30)/t18-/m0/s1. The number of aromatic nitrogens is 2. The molecule has 0 saturated carbocycles. The van der Waals surface area contributed by atoms with E-state index in [1.54, 1.807) is 38.5 Å². The van der Waals surface area contributed by atoms with Crippen molar-refractivity contribution in [2.45, 2.75) is 25.9 Å². The van der Waals surface area contributed by atoms with Crippen LogP contribution in [0.5, 0.6) is 11.5 Å². The van der Waals surface area contributed by atoms with Crippen molar-refractivity contribution in [2.75, 3.05) is 27.3 Å². The van der Waals surface area contributed by atoms with Crippen molar-refractivity contribution in [3.05, 3.63) is 59.7 Å². The van der Waals surface area contributed by atoms with Crippen LogP contribution < -0.4 is 14.8 Å². The number of piperidine rings is 1. The van der Waals surface area contributed by atoms with Gasteiger partial charge in [-0.2, -0.15) is 4.98 Å². The van der Waals surface area contributed by atoms with Gasteiger partial charge in [0, 0.05) is 18.7 Å². The molecule has 0 bridgehead atoms. The molecule has 1 aromatic heterocycles. The van der Waals surface area contributed by atoms with Crippen LogP contribution in [-0.2, 0) is 17.9 Å². The SMILES string of the molecule is COc1ccc(-c2noc(CN3CCC[C@H](C(=O)NCc4ccc(F)cc4)C3)n2)cc1OC. The van der Waals surface area contributed by atoms with Gasteiger partial charge in [-0.1, -0.05) is 17.3 Å². The third-order valence-electron chi connectivity index (χ3n) is 5.72. The van der Waals surface area contributed by atoms with Gasteiger partial charge < -0.3 is 19.3 Å². The Morgan fingerprint density at radius 2 is 1.97 bits per heavy atom. The molecule has 1 N–H and O–H groups in total. The molecule has 0 radical (unpaired) electrons. The van der Waals surface area contributed by atoms with Gasteiger partial charge in [0.05, 0.1) is 26.7 Å². The maximum absolute atomic E-state index is 13.0. The van der Waals surface area contributed by atoms with Crippen molar-refractivity contribution in [3.63, 3.8) is 0 Å². The van der Waals surface area contributed by atoms with Crippen LogP contribution in [-0.4, -0.2) is 48.3 Å². The van der Waals surface area contributed by atoms with E-state index in [0.717, 1.165) is 30.5 Å². The summed E-state index contributed by atoms with van der Waals surface area (Å²) in [6.07, 6.45) is 1.73. The second-order valence-corrected chi connectivity index (χ2v) is 8.00. The molecule has 1 aliphatic heterocycles. The minimum atomic E-state index is -0.289. The number of nitrogens with one attached hydrogen (secondary N) is 1. The third-order valence-corrected chi connectivity index (χ3v) is 5.72. The highest BCUT2D eigenvalue weighted by Crippen LogP contribution is 2.31. The van der Waals surface area contributed by atoms with Gasteiger partial charge in [-0.25, -0.2) is 4.39 Å². The molecule has 0 unspecified atom stereocenters. The lowest BCUT2D eigenvalue weighted by molar-refractivity contribution is -0.127. The molecule has 4 rings (SSSR count). The van der Waals surface area contributed by atoms with Gasteiger partial charge in [0.2, 0.25) is 17.6 Å². The van der Waals surface area contributed by atoms with Crippen LogP contribution in [0.2, 0.25) is 0 Å². The van der Waals surface area contributed by atoms with E-state index in [9.17, 15) is 9.18 Å². The number of carbonyl (C=O) groups excluding carboxylic acids is 1. The average molecular weight is 455 g/mol. The van der Waals surface area contributed by atoms with Crippen molar-refractivity contribution in [1.29, 1.82) is 0 Å². The van der Waals surface area contributed by atoms with Crippen LogP contribution in [0.4, 0.5) is 4.39 Å². The maximum atomic E-state index is 13.0. The lowest BCUT2D eigenvalue weighted by Gasteiger charge is -2.30. The fourth-order valence-corrected chi connectivity index (χ4v) is 3.95. The molecule has 1 saturated heterocycles. The van der Waals surface area contributed by atoms with Crippen LogP contribution in [0.25, 0.3) is 11.4 Å². The Bertz CT molecular complexity index is 1090. The number of hydrogen-bond donors (Lipinski definition) is 1. The molecule has 1 amide bonds. The normalized spacial score (nSPS) is 16.4. The summed E-state index contributed by atoms with van der Waals surface area (Å²) in [7, 11) is 3.16. The number of nitrogens with zero attached hydrogens (tertiary/aromatic N) is 3. The number of ether oxygens (including phenoxy) is 2. The molecule has 8 nitrogen and oxygen atoms in total. The van der Waals surface area contributed by atoms with E-state index in [-0.39, 0.29) is 17.6 Å². The fourth-order valence-electron chi connectivity index (χ4n) is 3.95. The van der Waals surface area contributed by atoms with Crippen molar-refractivity contribution >= 4 is 5.91 Å². The van der Waals surface area contributed by atoms with E-state index in [2.05, 4.69) is 20.4 Å². The van der Waals surface area contributed by atoms with Crippen molar-refractivity contribution in [3.8, 4) is 22.9 Å². The molecule has 9 heteroatoms.